The molecule has 5 N–H and O–H groups in total. The van der Waals surface area contributed by atoms with Crippen molar-refractivity contribution in [3.05, 3.63) is 0 Å². The highest BCUT2D eigenvalue weighted by Crippen LogP contribution is 1.99. The lowest BCUT2D eigenvalue weighted by Gasteiger charge is -2.22. The number of nitrogens with two attached hydrogens (primary N) is 2. The monoisotopic (exact) mass is 216 g/mol. The van der Waals surface area contributed by atoms with E-state index in [1.165, 1.54) is 0 Å². The van der Waals surface area contributed by atoms with E-state index in [1.807, 2.05) is 24.2 Å². The Morgan fingerprint density at radius 3 is 2.40 bits per heavy atom. The van der Waals surface area contributed by atoms with Gasteiger partial charge < -0.3 is 5.73 Å². The van der Waals surface area contributed by atoms with Crippen LogP contribution in [0.25, 0.3) is 0 Å². The zero-order chi connectivity index (χ0) is 11.8. The molecule has 0 aromatic rings. The van der Waals surface area contributed by atoms with Gasteiger partial charge in [0.25, 0.3) is 0 Å². The van der Waals surface area contributed by atoms with Crippen LogP contribution < -0.4 is 17.0 Å². The third kappa shape index (κ3) is 7.90. The van der Waals surface area contributed by atoms with Gasteiger partial charge in [-0.15, -0.1) is 0 Å². The predicted octanol–water partition coefficient (Wildman–Crippen LogP) is -1.19. The van der Waals surface area contributed by atoms with Crippen LogP contribution in [0.15, 0.2) is 0 Å². The summed E-state index contributed by atoms with van der Waals surface area (Å²) in [4.78, 5) is 23.5. The SMILES string of the molecule is CC(C)CN(CCC(=O)NN)CC(N)=O. The van der Waals surface area contributed by atoms with Crippen LogP contribution in [-0.4, -0.2) is 36.3 Å². The summed E-state index contributed by atoms with van der Waals surface area (Å²) in [6, 6.07) is 0. The van der Waals surface area contributed by atoms with Crippen LogP contribution in [0, 0.1) is 5.92 Å². The minimum absolute atomic E-state index is 0.177. The van der Waals surface area contributed by atoms with E-state index in [1.54, 1.807) is 0 Å². The summed E-state index contributed by atoms with van der Waals surface area (Å²) >= 11 is 0. The number of carbonyl (C=O) groups excluding carboxylic acids is 2. The second kappa shape index (κ2) is 7.19. The van der Waals surface area contributed by atoms with Gasteiger partial charge in [0.2, 0.25) is 11.8 Å². The van der Waals surface area contributed by atoms with E-state index in [2.05, 4.69) is 0 Å². The number of carbonyl (C=O) groups is 2. The van der Waals surface area contributed by atoms with E-state index in [9.17, 15) is 9.59 Å². The number of amides is 2. The number of nitrogens with zero attached hydrogens (tertiary/aromatic N) is 1. The molecule has 0 atom stereocenters. The second-order valence-electron chi connectivity index (χ2n) is 3.91. The van der Waals surface area contributed by atoms with Crippen molar-refractivity contribution < 1.29 is 9.59 Å². The largest absolute Gasteiger partial charge is 0.369 e. The van der Waals surface area contributed by atoms with Gasteiger partial charge >= 0.3 is 0 Å². The topological polar surface area (TPSA) is 101 Å². The predicted molar refractivity (Wildman–Crippen MR) is 57.4 cm³/mol. The molecule has 0 aliphatic carbocycles. The molecule has 0 aromatic carbocycles. The van der Waals surface area contributed by atoms with Gasteiger partial charge in [-0.25, -0.2) is 5.84 Å². The molecule has 2 amide bonds. The van der Waals surface area contributed by atoms with E-state index in [4.69, 9.17) is 11.6 Å². The Kier molecular flexibility index (Phi) is 6.64. The van der Waals surface area contributed by atoms with Crippen LogP contribution in [0.5, 0.6) is 0 Å². The van der Waals surface area contributed by atoms with E-state index in [-0.39, 0.29) is 24.8 Å². The van der Waals surface area contributed by atoms with Crippen LogP contribution in [0.1, 0.15) is 20.3 Å². The van der Waals surface area contributed by atoms with Crippen molar-refractivity contribution in [2.45, 2.75) is 20.3 Å². The Morgan fingerprint density at radius 1 is 1.40 bits per heavy atom. The molecule has 6 nitrogen and oxygen atoms in total. The molecular weight excluding hydrogens is 196 g/mol. The van der Waals surface area contributed by atoms with Crippen LogP contribution in [0.4, 0.5) is 0 Å². The molecule has 0 radical (unpaired) electrons. The Labute approximate surface area is 89.9 Å². The molecule has 0 aliphatic rings. The highest BCUT2D eigenvalue weighted by molar-refractivity contribution is 5.76. The van der Waals surface area contributed by atoms with Crippen molar-refractivity contribution in [2.75, 3.05) is 19.6 Å². The summed E-state index contributed by atoms with van der Waals surface area (Å²) in [5, 5.41) is 0. The van der Waals surface area contributed by atoms with E-state index < -0.39 is 0 Å². The normalized spacial score (nSPS) is 10.7. The van der Waals surface area contributed by atoms with Crippen molar-refractivity contribution >= 4 is 11.8 Å². The summed E-state index contributed by atoms with van der Waals surface area (Å²) in [5.74, 6) is 4.74. The Bertz CT molecular complexity index is 218. The van der Waals surface area contributed by atoms with Crippen molar-refractivity contribution in [3.8, 4) is 0 Å². The molecule has 6 heteroatoms. The van der Waals surface area contributed by atoms with E-state index in [0.29, 0.717) is 12.5 Å². The maximum atomic E-state index is 10.9. The number of primary amides is 1. The lowest BCUT2D eigenvalue weighted by molar-refractivity contribution is -0.123. The Balaban J connectivity index is 4.00. The van der Waals surface area contributed by atoms with Gasteiger partial charge in [0.1, 0.15) is 0 Å². The third-order valence-corrected chi connectivity index (χ3v) is 1.82. The lowest BCUT2D eigenvalue weighted by atomic mass is 10.2. The standard InChI is InChI=1S/C9H20N4O2/c1-7(2)5-13(6-8(10)14)4-3-9(15)12-11/h7H,3-6,11H2,1-2H3,(H2,10,14)(H,12,15). The molecule has 0 rings (SSSR count). The zero-order valence-electron chi connectivity index (χ0n) is 9.32. The first-order valence-electron chi connectivity index (χ1n) is 4.95. The maximum Gasteiger partial charge on any atom is 0.235 e. The first-order chi connectivity index (χ1) is 6.95. The summed E-state index contributed by atoms with van der Waals surface area (Å²) < 4.78 is 0. The molecule has 0 spiro atoms. The third-order valence-electron chi connectivity index (χ3n) is 1.82. The number of nitrogens with one attached hydrogen (secondary N) is 1. The van der Waals surface area contributed by atoms with Gasteiger partial charge in [0.15, 0.2) is 0 Å². The molecule has 0 heterocycles. The van der Waals surface area contributed by atoms with E-state index in [0.717, 1.165) is 6.54 Å². The molecule has 88 valence electrons. The van der Waals surface area contributed by atoms with Gasteiger partial charge in [-0.2, -0.15) is 0 Å². The number of hydrogen-bond donors (Lipinski definition) is 3. The fourth-order valence-electron chi connectivity index (χ4n) is 1.30. The first kappa shape index (κ1) is 13.9. The number of hydrazine groups is 1. The molecule has 0 bridgehead atoms. The number of rotatable bonds is 7. The van der Waals surface area contributed by atoms with Gasteiger partial charge in [0.05, 0.1) is 6.54 Å². The highest BCUT2D eigenvalue weighted by atomic mass is 16.2. The maximum absolute atomic E-state index is 10.9. The molecule has 0 saturated heterocycles. The van der Waals surface area contributed by atoms with Gasteiger partial charge in [0, 0.05) is 19.5 Å². The zero-order valence-corrected chi connectivity index (χ0v) is 9.32. The molecule has 0 fully saturated rings. The minimum atomic E-state index is -0.385. The van der Waals surface area contributed by atoms with Gasteiger partial charge in [-0.05, 0) is 5.92 Å². The molecule has 0 unspecified atom stereocenters. The smallest absolute Gasteiger partial charge is 0.235 e. The van der Waals surface area contributed by atoms with Crippen molar-refractivity contribution in [1.82, 2.24) is 10.3 Å². The van der Waals surface area contributed by atoms with Crippen LogP contribution in [-0.2, 0) is 9.59 Å². The molecule has 15 heavy (non-hydrogen) atoms. The molecule has 0 aliphatic heterocycles. The fourth-order valence-corrected chi connectivity index (χ4v) is 1.30. The highest BCUT2D eigenvalue weighted by Gasteiger charge is 2.11. The minimum Gasteiger partial charge on any atom is -0.369 e. The van der Waals surface area contributed by atoms with Gasteiger partial charge in [-0.1, -0.05) is 13.8 Å². The second-order valence-corrected chi connectivity index (χ2v) is 3.91. The van der Waals surface area contributed by atoms with Crippen LogP contribution >= 0.6 is 0 Å². The van der Waals surface area contributed by atoms with Crippen molar-refractivity contribution in [1.29, 1.82) is 0 Å². The summed E-state index contributed by atoms with van der Waals surface area (Å²) in [6.45, 7) is 5.48. The molecule has 0 aromatic heterocycles. The van der Waals surface area contributed by atoms with Crippen molar-refractivity contribution in [3.63, 3.8) is 0 Å². The molecular formula is C9H20N4O2. The Morgan fingerprint density at radius 2 is 2.00 bits per heavy atom. The van der Waals surface area contributed by atoms with Gasteiger partial charge in [-0.3, -0.25) is 19.9 Å². The molecule has 0 saturated carbocycles. The summed E-state index contributed by atoms with van der Waals surface area (Å²) in [5.41, 5.74) is 7.15. The Hall–Kier alpha value is -1.14. The lowest BCUT2D eigenvalue weighted by Crippen LogP contribution is -2.39. The van der Waals surface area contributed by atoms with Crippen molar-refractivity contribution in [2.24, 2.45) is 17.5 Å². The van der Waals surface area contributed by atoms with E-state index >= 15 is 0 Å². The fraction of sp³-hybridized carbons (Fsp3) is 0.778. The number of hydrogen-bond acceptors (Lipinski definition) is 4. The quantitative estimate of drug-likeness (QED) is 0.283. The summed E-state index contributed by atoms with van der Waals surface area (Å²) in [6.07, 6.45) is 0.274. The average Bonchev–Trinajstić information content (AvgIpc) is 2.11. The average molecular weight is 216 g/mol. The summed E-state index contributed by atoms with van der Waals surface area (Å²) in [7, 11) is 0. The first-order valence-corrected chi connectivity index (χ1v) is 4.95. The van der Waals surface area contributed by atoms with Crippen LogP contribution in [0.3, 0.4) is 0 Å². The van der Waals surface area contributed by atoms with Crippen LogP contribution in [0.2, 0.25) is 0 Å².